The first-order valence-electron chi connectivity index (χ1n) is 5.35. The summed E-state index contributed by atoms with van der Waals surface area (Å²) in [4.78, 5) is 11.9. The standard InChI is InChI=1S/C12H18N2O/c1-8(2)5-6-12(15)11-7-9(3)13-14-10(11)4/h7-8H,5-6H2,1-4H3. The van der Waals surface area contributed by atoms with Crippen LogP contribution in [0.15, 0.2) is 6.07 Å². The number of ketones is 1. The summed E-state index contributed by atoms with van der Waals surface area (Å²) in [5.74, 6) is 0.740. The molecule has 0 unspecified atom stereocenters. The molecule has 1 aromatic heterocycles. The minimum absolute atomic E-state index is 0.180. The van der Waals surface area contributed by atoms with E-state index in [1.807, 2.05) is 19.9 Å². The smallest absolute Gasteiger partial charge is 0.164 e. The van der Waals surface area contributed by atoms with Gasteiger partial charge < -0.3 is 0 Å². The molecule has 0 aromatic carbocycles. The number of carbonyl (C=O) groups excluding carboxylic acids is 1. The molecule has 1 heterocycles. The van der Waals surface area contributed by atoms with Crippen molar-refractivity contribution in [1.29, 1.82) is 0 Å². The van der Waals surface area contributed by atoms with E-state index in [0.29, 0.717) is 12.3 Å². The van der Waals surface area contributed by atoms with Crippen LogP contribution >= 0.6 is 0 Å². The van der Waals surface area contributed by atoms with E-state index < -0.39 is 0 Å². The lowest BCUT2D eigenvalue weighted by Gasteiger charge is -2.06. The van der Waals surface area contributed by atoms with Gasteiger partial charge >= 0.3 is 0 Å². The normalized spacial score (nSPS) is 10.7. The molecule has 3 heteroatoms. The molecule has 0 aliphatic carbocycles. The molecule has 1 rings (SSSR count). The zero-order valence-corrected chi connectivity index (χ0v) is 9.87. The molecule has 1 aromatic rings. The Labute approximate surface area is 90.9 Å². The molecule has 0 saturated heterocycles. The molecular weight excluding hydrogens is 188 g/mol. The van der Waals surface area contributed by atoms with Crippen LogP contribution in [-0.2, 0) is 0 Å². The fraction of sp³-hybridized carbons (Fsp3) is 0.583. The van der Waals surface area contributed by atoms with Gasteiger partial charge in [-0.1, -0.05) is 13.8 Å². The van der Waals surface area contributed by atoms with Crippen molar-refractivity contribution < 1.29 is 4.79 Å². The van der Waals surface area contributed by atoms with Crippen LogP contribution in [-0.4, -0.2) is 16.0 Å². The Morgan fingerprint density at radius 1 is 1.33 bits per heavy atom. The number of aromatic nitrogens is 2. The third-order valence-electron chi connectivity index (χ3n) is 2.35. The van der Waals surface area contributed by atoms with Crippen LogP contribution in [0.4, 0.5) is 0 Å². The molecule has 0 amide bonds. The van der Waals surface area contributed by atoms with E-state index in [-0.39, 0.29) is 5.78 Å². The van der Waals surface area contributed by atoms with Crippen LogP contribution in [0.5, 0.6) is 0 Å². The molecule has 15 heavy (non-hydrogen) atoms. The summed E-state index contributed by atoms with van der Waals surface area (Å²) in [7, 11) is 0. The molecule has 0 N–H and O–H groups in total. The Hall–Kier alpha value is -1.25. The summed E-state index contributed by atoms with van der Waals surface area (Å²) < 4.78 is 0. The fourth-order valence-electron chi connectivity index (χ4n) is 1.39. The number of nitrogens with zero attached hydrogens (tertiary/aromatic N) is 2. The van der Waals surface area contributed by atoms with Gasteiger partial charge in [0.05, 0.1) is 11.4 Å². The minimum Gasteiger partial charge on any atom is -0.294 e. The topological polar surface area (TPSA) is 42.9 Å². The molecule has 3 nitrogen and oxygen atoms in total. The van der Waals surface area contributed by atoms with Crippen LogP contribution in [0, 0.1) is 19.8 Å². The Bertz CT molecular complexity index is 359. The number of aryl methyl sites for hydroxylation is 2. The van der Waals surface area contributed by atoms with Crippen molar-refractivity contribution in [3.8, 4) is 0 Å². The summed E-state index contributed by atoms with van der Waals surface area (Å²) >= 11 is 0. The van der Waals surface area contributed by atoms with Crippen molar-refractivity contribution in [3.05, 3.63) is 23.0 Å². The summed E-state index contributed by atoms with van der Waals surface area (Å²) in [5.41, 5.74) is 2.26. The van der Waals surface area contributed by atoms with Gasteiger partial charge in [-0.15, -0.1) is 0 Å². The zero-order chi connectivity index (χ0) is 11.4. The van der Waals surface area contributed by atoms with Crippen LogP contribution < -0.4 is 0 Å². The number of hydrogen-bond donors (Lipinski definition) is 0. The van der Waals surface area contributed by atoms with Gasteiger partial charge in [-0.3, -0.25) is 4.79 Å². The first-order valence-corrected chi connectivity index (χ1v) is 5.35. The third-order valence-corrected chi connectivity index (χ3v) is 2.35. The number of Topliss-reactive ketones (excluding diaryl/α,β-unsaturated/α-hetero) is 1. The Morgan fingerprint density at radius 3 is 2.60 bits per heavy atom. The number of carbonyl (C=O) groups is 1. The van der Waals surface area contributed by atoms with Crippen LogP contribution in [0.2, 0.25) is 0 Å². The molecule has 0 bridgehead atoms. The van der Waals surface area contributed by atoms with Crippen molar-refractivity contribution >= 4 is 5.78 Å². The van der Waals surface area contributed by atoms with Gasteiger partial charge in [-0.05, 0) is 32.3 Å². The molecule has 0 radical (unpaired) electrons. The molecule has 0 aliphatic heterocycles. The summed E-state index contributed by atoms with van der Waals surface area (Å²) in [6.45, 7) is 7.92. The second-order valence-electron chi connectivity index (χ2n) is 4.34. The van der Waals surface area contributed by atoms with Gasteiger partial charge in [0, 0.05) is 12.0 Å². The first-order chi connectivity index (χ1) is 7.00. The van der Waals surface area contributed by atoms with E-state index in [9.17, 15) is 4.79 Å². The predicted molar refractivity (Wildman–Crippen MR) is 59.9 cm³/mol. The molecule has 0 fully saturated rings. The van der Waals surface area contributed by atoms with Gasteiger partial charge in [0.15, 0.2) is 5.78 Å². The summed E-state index contributed by atoms with van der Waals surface area (Å²) in [6.07, 6.45) is 1.53. The van der Waals surface area contributed by atoms with E-state index in [1.54, 1.807) is 0 Å². The molecule has 82 valence electrons. The average molecular weight is 206 g/mol. The molecule has 0 saturated carbocycles. The van der Waals surface area contributed by atoms with Crippen molar-refractivity contribution in [2.45, 2.75) is 40.5 Å². The second kappa shape index (κ2) is 5.01. The van der Waals surface area contributed by atoms with Crippen LogP contribution in [0.3, 0.4) is 0 Å². The maximum Gasteiger partial charge on any atom is 0.164 e. The highest BCUT2D eigenvalue weighted by Crippen LogP contribution is 2.12. The van der Waals surface area contributed by atoms with Gasteiger partial charge in [0.2, 0.25) is 0 Å². The van der Waals surface area contributed by atoms with Gasteiger partial charge in [-0.25, -0.2) is 0 Å². The van der Waals surface area contributed by atoms with Gasteiger partial charge in [-0.2, -0.15) is 10.2 Å². The largest absolute Gasteiger partial charge is 0.294 e. The quantitative estimate of drug-likeness (QED) is 0.711. The second-order valence-corrected chi connectivity index (χ2v) is 4.34. The third kappa shape index (κ3) is 3.42. The predicted octanol–water partition coefficient (Wildman–Crippen LogP) is 2.71. The van der Waals surface area contributed by atoms with E-state index in [1.165, 1.54) is 0 Å². The zero-order valence-electron chi connectivity index (χ0n) is 9.87. The lowest BCUT2D eigenvalue weighted by Crippen LogP contribution is -2.06. The van der Waals surface area contributed by atoms with Crippen LogP contribution in [0.1, 0.15) is 48.4 Å². The van der Waals surface area contributed by atoms with Crippen molar-refractivity contribution in [2.24, 2.45) is 5.92 Å². The van der Waals surface area contributed by atoms with E-state index >= 15 is 0 Å². The van der Waals surface area contributed by atoms with Gasteiger partial charge in [0.25, 0.3) is 0 Å². The highest BCUT2D eigenvalue weighted by atomic mass is 16.1. The van der Waals surface area contributed by atoms with E-state index in [2.05, 4.69) is 24.0 Å². The highest BCUT2D eigenvalue weighted by molar-refractivity contribution is 5.96. The Balaban J connectivity index is 2.77. The Morgan fingerprint density at radius 2 is 2.00 bits per heavy atom. The van der Waals surface area contributed by atoms with Crippen molar-refractivity contribution in [3.63, 3.8) is 0 Å². The molecule has 0 atom stereocenters. The van der Waals surface area contributed by atoms with Crippen LogP contribution in [0.25, 0.3) is 0 Å². The van der Waals surface area contributed by atoms with E-state index in [0.717, 1.165) is 23.4 Å². The monoisotopic (exact) mass is 206 g/mol. The Kier molecular flexibility index (Phi) is 3.95. The van der Waals surface area contributed by atoms with Crippen molar-refractivity contribution in [1.82, 2.24) is 10.2 Å². The fourth-order valence-corrected chi connectivity index (χ4v) is 1.39. The lowest BCUT2D eigenvalue weighted by atomic mass is 10.0. The first kappa shape index (κ1) is 11.8. The maximum atomic E-state index is 11.9. The average Bonchev–Trinajstić information content (AvgIpc) is 2.18. The summed E-state index contributed by atoms with van der Waals surface area (Å²) in [6, 6.07) is 1.82. The maximum absolute atomic E-state index is 11.9. The highest BCUT2D eigenvalue weighted by Gasteiger charge is 2.11. The van der Waals surface area contributed by atoms with E-state index in [4.69, 9.17) is 0 Å². The van der Waals surface area contributed by atoms with Crippen molar-refractivity contribution in [2.75, 3.05) is 0 Å². The number of rotatable bonds is 4. The number of hydrogen-bond acceptors (Lipinski definition) is 3. The molecular formula is C12H18N2O. The summed E-state index contributed by atoms with van der Waals surface area (Å²) in [5, 5.41) is 7.87. The molecule has 0 aliphatic rings. The van der Waals surface area contributed by atoms with Gasteiger partial charge in [0.1, 0.15) is 0 Å². The lowest BCUT2D eigenvalue weighted by molar-refractivity contribution is 0.0974. The molecule has 0 spiro atoms. The minimum atomic E-state index is 0.180. The SMILES string of the molecule is Cc1cc(C(=O)CCC(C)C)c(C)nn1.